The van der Waals surface area contributed by atoms with E-state index in [1.807, 2.05) is 13.8 Å². The molecule has 0 aliphatic carbocycles. The van der Waals surface area contributed by atoms with E-state index in [-0.39, 0.29) is 11.6 Å². The molecule has 0 fully saturated rings. The second kappa shape index (κ2) is 3.41. The van der Waals surface area contributed by atoms with Crippen molar-refractivity contribution in [3.63, 3.8) is 0 Å². The maximum atomic E-state index is 13.0. The molecule has 0 saturated carbocycles. The van der Waals surface area contributed by atoms with Crippen molar-refractivity contribution in [2.75, 3.05) is 6.54 Å². The van der Waals surface area contributed by atoms with Crippen LogP contribution in [0.25, 0.3) is 0 Å². The van der Waals surface area contributed by atoms with Gasteiger partial charge in [-0.2, -0.15) is 13.9 Å². The summed E-state index contributed by atoms with van der Waals surface area (Å²) in [5, 5.41) is 3.81. The maximum absolute atomic E-state index is 13.0. The summed E-state index contributed by atoms with van der Waals surface area (Å²) in [6, 6.07) is 0.0855. The summed E-state index contributed by atoms with van der Waals surface area (Å²) >= 11 is 0. The minimum Gasteiger partial charge on any atom is -0.325 e. The van der Waals surface area contributed by atoms with Crippen molar-refractivity contribution in [2.45, 2.75) is 25.8 Å². The molecule has 0 aromatic carbocycles. The first kappa shape index (κ1) is 10.1. The van der Waals surface area contributed by atoms with Crippen LogP contribution in [0.5, 0.6) is 0 Å². The molecule has 0 saturated heterocycles. The normalized spacial score (nSPS) is 12.5. The molecule has 1 heterocycles. The summed E-state index contributed by atoms with van der Waals surface area (Å²) in [6.07, 6.45) is 2.49. The molecule has 1 aromatic rings. The molecule has 13 heavy (non-hydrogen) atoms. The van der Waals surface area contributed by atoms with E-state index in [4.69, 9.17) is 5.73 Å². The number of hydrogen-bond donors (Lipinski definition) is 1. The third-order valence-corrected chi connectivity index (χ3v) is 1.81. The fraction of sp³-hybridized carbons (Fsp3) is 0.625. The summed E-state index contributed by atoms with van der Waals surface area (Å²) in [6.45, 7) is 3.06. The third kappa shape index (κ3) is 2.03. The Hall–Kier alpha value is -0.970. The number of alkyl halides is 2. The lowest BCUT2D eigenvalue weighted by molar-refractivity contribution is 0.00584. The molecule has 74 valence electrons. The van der Waals surface area contributed by atoms with Crippen LogP contribution in [-0.2, 0) is 5.92 Å². The van der Waals surface area contributed by atoms with E-state index in [2.05, 4.69) is 5.10 Å². The van der Waals surface area contributed by atoms with Crippen molar-refractivity contribution < 1.29 is 8.78 Å². The Labute approximate surface area is 75.5 Å². The molecule has 0 aliphatic rings. The van der Waals surface area contributed by atoms with E-state index in [1.54, 1.807) is 0 Å². The lowest BCUT2D eigenvalue weighted by Gasteiger charge is -2.10. The van der Waals surface area contributed by atoms with Crippen LogP contribution in [0.4, 0.5) is 8.78 Å². The predicted octanol–water partition coefficient (Wildman–Crippen LogP) is 1.51. The molecule has 0 bridgehead atoms. The highest BCUT2D eigenvalue weighted by atomic mass is 19.3. The first-order valence-electron chi connectivity index (χ1n) is 4.10. The third-order valence-electron chi connectivity index (χ3n) is 1.81. The van der Waals surface area contributed by atoms with Crippen molar-refractivity contribution in [3.8, 4) is 0 Å². The first-order valence-corrected chi connectivity index (χ1v) is 4.10. The van der Waals surface area contributed by atoms with Crippen molar-refractivity contribution in [1.82, 2.24) is 9.78 Å². The topological polar surface area (TPSA) is 43.8 Å². The molecule has 1 aromatic heterocycles. The Morgan fingerprint density at radius 1 is 1.62 bits per heavy atom. The van der Waals surface area contributed by atoms with Crippen LogP contribution >= 0.6 is 0 Å². The summed E-state index contributed by atoms with van der Waals surface area (Å²) in [5.41, 5.74) is 4.82. The molecular weight excluding hydrogens is 176 g/mol. The van der Waals surface area contributed by atoms with E-state index in [1.165, 1.54) is 10.9 Å². The van der Waals surface area contributed by atoms with Gasteiger partial charge in [-0.1, -0.05) is 0 Å². The predicted molar refractivity (Wildman–Crippen MR) is 45.6 cm³/mol. The van der Waals surface area contributed by atoms with Crippen molar-refractivity contribution in [2.24, 2.45) is 5.73 Å². The van der Waals surface area contributed by atoms with E-state index in [0.29, 0.717) is 0 Å². The van der Waals surface area contributed by atoms with Gasteiger partial charge in [0.05, 0.1) is 18.3 Å². The van der Waals surface area contributed by atoms with Crippen LogP contribution in [0.15, 0.2) is 12.4 Å². The molecule has 1 rings (SSSR count). The largest absolute Gasteiger partial charge is 0.325 e. The number of halogens is 2. The van der Waals surface area contributed by atoms with Crippen LogP contribution in [0, 0.1) is 0 Å². The van der Waals surface area contributed by atoms with E-state index in [9.17, 15) is 8.78 Å². The van der Waals surface area contributed by atoms with Crippen molar-refractivity contribution in [1.29, 1.82) is 0 Å². The van der Waals surface area contributed by atoms with Crippen LogP contribution in [-0.4, -0.2) is 16.3 Å². The van der Waals surface area contributed by atoms with Crippen LogP contribution in [0.1, 0.15) is 25.5 Å². The standard InChI is InChI=1S/C8H13F2N3/c1-6(2)13-4-7(3-12-13)8(9,10)5-11/h3-4,6H,5,11H2,1-2H3. The Kier molecular flexibility index (Phi) is 2.66. The van der Waals surface area contributed by atoms with Gasteiger partial charge in [0, 0.05) is 12.2 Å². The summed E-state index contributed by atoms with van der Waals surface area (Å²) in [5.74, 6) is -2.97. The van der Waals surface area contributed by atoms with Crippen molar-refractivity contribution >= 4 is 0 Å². The summed E-state index contributed by atoms with van der Waals surface area (Å²) in [7, 11) is 0. The Morgan fingerprint density at radius 3 is 2.62 bits per heavy atom. The first-order chi connectivity index (χ1) is 5.97. The van der Waals surface area contributed by atoms with Crippen LogP contribution in [0.3, 0.4) is 0 Å². The zero-order valence-electron chi connectivity index (χ0n) is 7.67. The Bertz CT molecular complexity index is 281. The minimum atomic E-state index is -2.97. The fourth-order valence-corrected chi connectivity index (χ4v) is 0.927. The van der Waals surface area contributed by atoms with Gasteiger partial charge in [-0.3, -0.25) is 4.68 Å². The molecule has 0 amide bonds. The zero-order valence-corrected chi connectivity index (χ0v) is 7.67. The quantitative estimate of drug-likeness (QED) is 0.783. The lowest BCUT2D eigenvalue weighted by atomic mass is 10.2. The highest BCUT2D eigenvalue weighted by Gasteiger charge is 2.31. The van der Waals surface area contributed by atoms with Gasteiger partial charge in [-0.25, -0.2) is 0 Å². The second-order valence-corrected chi connectivity index (χ2v) is 3.21. The van der Waals surface area contributed by atoms with Gasteiger partial charge in [-0.05, 0) is 13.8 Å². The van der Waals surface area contributed by atoms with Crippen molar-refractivity contribution in [3.05, 3.63) is 18.0 Å². The SMILES string of the molecule is CC(C)n1cc(C(F)(F)CN)cn1. The monoisotopic (exact) mass is 189 g/mol. The average molecular weight is 189 g/mol. The number of nitrogens with two attached hydrogens (primary N) is 1. The highest BCUT2D eigenvalue weighted by molar-refractivity contribution is 5.12. The average Bonchev–Trinajstić information content (AvgIpc) is 2.52. The number of rotatable bonds is 3. The van der Waals surface area contributed by atoms with E-state index >= 15 is 0 Å². The van der Waals surface area contributed by atoms with Gasteiger partial charge in [0.15, 0.2) is 0 Å². The lowest BCUT2D eigenvalue weighted by Crippen LogP contribution is -2.24. The molecule has 2 N–H and O–H groups in total. The number of aromatic nitrogens is 2. The van der Waals surface area contributed by atoms with Gasteiger partial charge in [0.1, 0.15) is 0 Å². The van der Waals surface area contributed by atoms with Crippen LogP contribution < -0.4 is 5.73 Å². The Morgan fingerprint density at radius 2 is 2.23 bits per heavy atom. The molecule has 0 radical (unpaired) electrons. The van der Waals surface area contributed by atoms with Gasteiger partial charge in [0.2, 0.25) is 0 Å². The molecule has 3 nitrogen and oxygen atoms in total. The molecule has 0 unspecified atom stereocenters. The summed E-state index contributed by atoms with van der Waals surface area (Å²) < 4.78 is 27.5. The molecular formula is C8H13F2N3. The smallest absolute Gasteiger partial charge is 0.288 e. The van der Waals surface area contributed by atoms with E-state index < -0.39 is 12.5 Å². The van der Waals surface area contributed by atoms with Gasteiger partial charge < -0.3 is 5.73 Å². The van der Waals surface area contributed by atoms with Gasteiger partial charge in [-0.15, -0.1) is 0 Å². The van der Waals surface area contributed by atoms with Gasteiger partial charge >= 0.3 is 0 Å². The number of hydrogen-bond acceptors (Lipinski definition) is 2. The second-order valence-electron chi connectivity index (χ2n) is 3.21. The van der Waals surface area contributed by atoms with Crippen LogP contribution in [0.2, 0.25) is 0 Å². The zero-order chi connectivity index (χ0) is 10.1. The Balaban J connectivity index is 2.91. The van der Waals surface area contributed by atoms with E-state index in [0.717, 1.165) is 6.20 Å². The maximum Gasteiger partial charge on any atom is 0.288 e. The summed E-state index contributed by atoms with van der Waals surface area (Å²) in [4.78, 5) is 0. The minimum absolute atomic E-state index is 0.0855. The van der Waals surface area contributed by atoms with Gasteiger partial charge in [0.25, 0.3) is 5.92 Å². The highest BCUT2D eigenvalue weighted by Crippen LogP contribution is 2.26. The molecule has 0 spiro atoms. The molecule has 0 aliphatic heterocycles. The fourth-order valence-electron chi connectivity index (χ4n) is 0.927. The molecule has 0 atom stereocenters. The molecule has 5 heteroatoms. The number of nitrogens with zero attached hydrogens (tertiary/aromatic N) is 2.